The molecule has 5 nitrogen and oxygen atoms in total. The first-order chi connectivity index (χ1) is 12.1. The minimum Gasteiger partial charge on any atom is -0.354 e. The van der Waals surface area contributed by atoms with E-state index in [0.29, 0.717) is 5.69 Å². The second kappa shape index (κ2) is 7.90. The molecule has 1 N–H and O–H groups in total. The van der Waals surface area contributed by atoms with Crippen LogP contribution in [0.5, 0.6) is 0 Å². The van der Waals surface area contributed by atoms with Crippen LogP contribution >= 0.6 is 0 Å². The molecule has 0 atom stereocenters. The number of nitrogens with zero attached hydrogens (tertiary/aromatic N) is 3. The Kier molecular flexibility index (Phi) is 5.40. The highest BCUT2D eigenvalue weighted by molar-refractivity contribution is 6.01. The van der Waals surface area contributed by atoms with E-state index in [2.05, 4.69) is 27.1 Å². The summed E-state index contributed by atoms with van der Waals surface area (Å²) in [5.74, 6) is 0.375. The summed E-state index contributed by atoms with van der Waals surface area (Å²) >= 11 is 0. The number of halogens is 1. The minimum absolute atomic E-state index is 0.251. The summed E-state index contributed by atoms with van der Waals surface area (Å²) in [5, 5.41) is 2.77. The van der Waals surface area contributed by atoms with E-state index in [4.69, 9.17) is 0 Å². The van der Waals surface area contributed by atoms with Gasteiger partial charge in [-0.15, -0.1) is 0 Å². The molecule has 3 rings (SSSR count). The molecule has 0 aliphatic carbocycles. The Labute approximate surface area is 146 Å². The maximum Gasteiger partial charge on any atom is 0.248 e. The van der Waals surface area contributed by atoms with Crippen LogP contribution in [0.15, 0.2) is 48.7 Å². The second-order valence-electron chi connectivity index (χ2n) is 6.07. The Morgan fingerprint density at radius 1 is 1.12 bits per heavy atom. The highest BCUT2D eigenvalue weighted by atomic mass is 19.1. The van der Waals surface area contributed by atoms with Crippen LogP contribution in [-0.4, -0.2) is 49.0 Å². The van der Waals surface area contributed by atoms with E-state index in [1.807, 2.05) is 12.1 Å². The van der Waals surface area contributed by atoms with E-state index in [0.717, 1.165) is 37.6 Å². The summed E-state index contributed by atoms with van der Waals surface area (Å²) < 4.78 is 12.8. The quantitative estimate of drug-likeness (QED) is 0.870. The lowest BCUT2D eigenvalue weighted by Gasteiger charge is -2.33. The normalized spacial score (nSPS) is 15.5. The average molecular weight is 340 g/mol. The van der Waals surface area contributed by atoms with Gasteiger partial charge in [0.05, 0.1) is 11.9 Å². The molecule has 2 aromatic rings. The van der Waals surface area contributed by atoms with E-state index >= 15 is 0 Å². The van der Waals surface area contributed by atoms with Gasteiger partial charge >= 0.3 is 0 Å². The van der Waals surface area contributed by atoms with Crippen molar-refractivity contribution in [3.8, 4) is 0 Å². The zero-order valence-electron chi connectivity index (χ0n) is 14.2. The summed E-state index contributed by atoms with van der Waals surface area (Å²) in [6, 6.07) is 9.73. The molecular weight excluding hydrogens is 319 g/mol. The molecule has 0 saturated carbocycles. The lowest BCUT2D eigenvalue weighted by atomic mass is 10.2. The fourth-order valence-corrected chi connectivity index (χ4v) is 2.61. The molecule has 1 aromatic carbocycles. The number of hydrogen-bond donors (Lipinski definition) is 1. The topological polar surface area (TPSA) is 48.5 Å². The summed E-state index contributed by atoms with van der Waals surface area (Å²) in [4.78, 5) is 20.9. The number of carbonyl (C=O) groups excluding carboxylic acids is 1. The maximum absolute atomic E-state index is 12.8. The van der Waals surface area contributed by atoms with Crippen LogP contribution in [0.2, 0.25) is 0 Å². The molecular formula is C19H21FN4O. The number of pyridine rings is 1. The lowest BCUT2D eigenvalue weighted by Crippen LogP contribution is -2.44. The van der Waals surface area contributed by atoms with Gasteiger partial charge in [0.25, 0.3) is 0 Å². The highest BCUT2D eigenvalue weighted by Crippen LogP contribution is 2.16. The van der Waals surface area contributed by atoms with E-state index in [1.165, 1.54) is 18.2 Å². The number of rotatable bonds is 4. The second-order valence-corrected chi connectivity index (χ2v) is 6.07. The summed E-state index contributed by atoms with van der Waals surface area (Å²) in [6.07, 6.45) is 4.72. The number of nitrogens with one attached hydrogen (secondary N) is 1. The molecule has 1 amide bonds. The Balaban J connectivity index is 1.55. The third kappa shape index (κ3) is 4.87. The van der Waals surface area contributed by atoms with Crippen molar-refractivity contribution in [3.05, 3.63) is 60.1 Å². The summed E-state index contributed by atoms with van der Waals surface area (Å²) in [5.41, 5.74) is 1.41. The predicted octanol–water partition coefficient (Wildman–Crippen LogP) is 2.62. The van der Waals surface area contributed by atoms with Crippen LogP contribution in [0, 0.1) is 5.82 Å². The van der Waals surface area contributed by atoms with Crippen molar-refractivity contribution in [2.45, 2.75) is 0 Å². The van der Waals surface area contributed by atoms with E-state index in [-0.39, 0.29) is 11.7 Å². The molecule has 2 heterocycles. The van der Waals surface area contributed by atoms with Gasteiger partial charge in [-0.3, -0.25) is 4.79 Å². The molecule has 1 aliphatic rings. The van der Waals surface area contributed by atoms with E-state index in [9.17, 15) is 9.18 Å². The van der Waals surface area contributed by atoms with E-state index < -0.39 is 0 Å². The van der Waals surface area contributed by atoms with Crippen LogP contribution in [0.3, 0.4) is 0 Å². The van der Waals surface area contributed by atoms with Crippen molar-refractivity contribution < 1.29 is 9.18 Å². The Hall–Kier alpha value is -2.73. The van der Waals surface area contributed by atoms with Gasteiger partial charge < -0.3 is 15.1 Å². The SMILES string of the molecule is CN1CCN(c2ccc(NC(=O)/C=C/c3ccc(F)cc3)cn2)CC1. The highest BCUT2D eigenvalue weighted by Gasteiger charge is 2.14. The number of amides is 1. The van der Waals surface area contributed by atoms with Crippen LogP contribution in [0.4, 0.5) is 15.9 Å². The van der Waals surface area contributed by atoms with Crippen molar-refractivity contribution in [2.75, 3.05) is 43.4 Å². The summed E-state index contributed by atoms with van der Waals surface area (Å²) in [6.45, 7) is 3.95. The summed E-state index contributed by atoms with van der Waals surface area (Å²) in [7, 11) is 2.11. The zero-order valence-corrected chi connectivity index (χ0v) is 14.2. The third-order valence-electron chi connectivity index (χ3n) is 4.14. The fourth-order valence-electron chi connectivity index (χ4n) is 2.61. The average Bonchev–Trinajstić information content (AvgIpc) is 2.63. The van der Waals surface area contributed by atoms with Gasteiger partial charge in [0, 0.05) is 32.3 Å². The number of likely N-dealkylation sites (N-methyl/N-ethyl adjacent to an activating group) is 1. The molecule has 1 aromatic heterocycles. The van der Waals surface area contributed by atoms with Crippen LogP contribution in [0.1, 0.15) is 5.56 Å². The van der Waals surface area contributed by atoms with Crippen LogP contribution in [0.25, 0.3) is 6.08 Å². The molecule has 0 spiro atoms. The van der Waals surface area contributed by atoms with Gasteiger partial charge in [0.2, 0.25) is 5.91 Å². The molecule has 0 bridgehead atoms. The molecule has 6 heteroatoms. The number of carbonyl (C=O) groups is 1. The number of benzene rings is 1. The number of piperazine rings is 1. The van der Waals surface area contributed by atoms with Crippen LogP contribution in [-0.2, 0) is 4.79 Å². The Bertz CT molecular complexity index is 735. The van der Waals surface area contributed by atoms with Gasteiger partial charge in [-0.2, -0.15) is 0 Å². The van der Waals surface area contributed by atoms with Gasteiger partial charge in [-0.1, -0.05) is 12.1 Å². The van der Waals surface area contributed by atoms with Crippen molar-refractivity contribution in [1.29, 1.82) is 0 Å². The Morgan fingerprint density at radius 2 is 1.84 bits per heavy atom. The fraction of sp³-hybridized carbons (Fsp3) is 0.263. The van der Waals surface area contributed by atoms with Gasteiger partial charge in [-0.05, 0) is 43.0 Å². The molecule has 1 aliphatic heterocycles. The zero-order chi connectivity index (χ0) is 17.6. The minimum atomic E-state index is -0.298. The Morgan fingerprint density at radius 3 is 2.48 bits per heavy atom. The van der Waals surface area contributed by atoms with E-state index in [1.54, 1.807) is 24.4 Å². The molecule has 130 valence electrons. The molecule has 1 fully saturated rings. The number of anilines is 2. The van der Waals surface area contributed by atoms with Gasteiger partial charge in [0.1, 0.15) is 11.6 Å². The first-order valence-corrected chi connectivity index (χ1v) is 8.24. The maximum atomic E-state index is 12.8. The lowest BCUT2D eigenvalue weighted by molar-refractivity contribution is -0.111. The number of hydrogen-bond acceptors (Lipinski definition) is 4. The van der Waals surface area contributed by atoms with Crippen molar-refractivity contribution in [3.63, 3.8) is 0 Å². The molecule has 25 heavy (non-hydrogen) atoms. The molecule has 0 unspecified atom stereocenters. The van der Waals surface area contributed by atoms with Gasteiger partial charge in [-0.25, -0.2) is 9.37 Å². The first kappa shape index (κ1) is 17.1. The third-order valence-corrected chi connectivity index (χ3v) is 4.14. The first-order valence-electron chi connectivity index (χ1n) is 8.24. The van der Waals surface area contributed by atoms with Crippen molar-refractivity contribution in [1.82, 2.24) is 9.88 Å². The standard InChI is InChI=1S/C19H21FN4O/c1-23-10-12-24(13-11-23)18-8-7-17(14-21-18)22-19(25)9-4-15-2-5-16(20)6-3-15/h2-9,14H,10-13H2,1H3,(H,22,25)/b9-4+. The van der Waals surface area contributed by atoms with Gasteiger partial charge in [0.15, 0.2) is 0 Å². The molecule has 0 radical (unpaired) electrons. The number of aromatic nitrogens is 1. The predicted molar refractivity (Wildman–Crippen MR) is 98.0 cm³/mol. The monoisotopic (exact) mass is 340 g/mol. The molecule has 1 saturated heterocycles. The van der Waals surface area contributed by atoms with Crippen molar-refractivity contribution >= 4 is 23.5 Å². The van der Waals surface area contributed by atoms with Crippen molar-refractivity contribution in [2.24, 2.45) is 0 Å². The smallest absolute Gasteiger partial charge is 0.248 e. The largest absolute Gasteiger partial charge is 0.354 e. The van der Waals surface area contributed by atoms with Crippen LogP contribution < -0.4 is 10.2 Å².